The molecule has 0 aromatic heterocycles. The molecule has 2 aromatic carbocycles. The molecular weight excluding hydrogens is 382 g/mol. The van der Waals surface area contributed by atoms with Gasteiger partial charge in [-0.05, 0) is 45.8 Å². The zero-order valence-electron chi connectivity index (χ0n) is 12.9. The molecule has 2 aromatic rings. The van der Waals surface area contributed by atoms with E-state index in [-0.39, 0.29) is 17.9 Å². The molecule has 0 radical (unpaired) electrons. The maximum atomic E-state index is 12.1. The van der Waals surface area contributed by atoms with Gasteiger partial charge >= 0.3 is 5.97 Å². The van der Waals surface area contributed by atoms with Gasteiger partial charge in [0.15, 0.2) is 11.5 Å². The molecule has 0 unspecified atom stereocenters. The molecule has 0 heterocycles. The summed E-state index contributed by atoms with van der Waals surface area (Å²) in [6.45, 7) is 0.00302. The lowest BCUT2D eigenvalue weighted by Gasteiger charge is -2.10. The Hall–Kier alpha value is -2.61. The van der Waals surface area contributed by atoms with Gasteiger partial charge < -0.3 is 14.2 Å². The molecule has 8 heteroatoms. The Morgan fingerprint density at radius 1 is 1.12 bits per heavy atom. The van der Waals surface area contributed by atoms with Gasteiger partial charge in [0.2, 0.25) is 0 Å². The van der Waals surface area contributed by atoms with Gasteiger partial charge in [-0.25, -0.2) is 4.79 Å². The quantitative estimate of drug-likeness (QED) is 0.420. The van der Waals surface area contributed by atoms with Gasteiger partial charge in [-0.15, -0.1) is 0 Å². The summed E-state index contributed by atoms with van der Waals surface area (Å²) < 4.78 is 15.8. The lowest BCUT2D eigenvalue weighted by molar-refractivity contribution is -0.385. The van der Waals surface area contributed by atoms with Crippen molar-refractivity contribution in [1.29, 1.82) is 0 Å². The Bertz CT molecular complexity index is 777. The molecule has 0 fully saturated rings. The van der Waals surface area contributed by atoms with Crippen LogP contribution in [0.3, 0.4) is 0 Å². The van der Waals surface area contributed by atoms with Crippen LogP contribution in [-0.4, -0.2) is 25.1 Å². The third-order valence-corrected chi connectivity index (χ3v) is 3.87. The van der Waals surface area contributed by atoms with Crippen LogP contribution in [0.15, 0.2) is 40.9 Å². The lowest BCUT2D eigenvalue weighted by atomic mass is 10.2. The topological polar surface area (TPSA) is 87.9 Å². The van der Waals surface area contributed by atoms with Crippen molar-refractivity contribution < 1.29 is 23.9 Å². The molecule has 0 N–H and O–H groups in total. The Morgan fingerprint density at radius 3 is 2.46 bits per heavy atom. The van der Waals surface area contributed by atoms with E-state index in [1.165, 1.54) is 32.4 Å². The van der Waals surface area contributed by atoms with Crippen molar-refractivity contribution in [2.45, 2.75) is 6.61 Å². The van der Waals surface area contributed by atoms with Crippen LogP contribution in [0.4, 0.5) is 5.69 Å². The highest BCUT2D eigenvalue weighted by atomic mass is 79.9. The average Bonchev–Trinajstić information content (AvgIpc) is 2.59. The highest BCUT2D eigenvalue weighted by Gasteiger charge is 2.17. The van der Waals surface area contributed by atoms with Gasteiger partial charge in [0, 0.05) is 6.07 Å². The predicted molar refractivity (Wildman–Crippen MR) is 89.5 cm³/mol. The number of carbonyl (C=O) groups is 1. The smallest absolute Gasteiger partial charge is 0.338 e. The molecule has 2 rings (SSSR count). The van der Waals surface area contributed by atoms with Crippen molar-refractivity contribution >= 4 is 27.6 Å². The number of benzene rings is 2. The van der Waals surface area contributed by atoms with E-state index in [1.807, 2.05) is 0 Å². The van der Waals surface area contributed by atoms with Crippen LogP contribution in [0.2, 0.25) is 0 Å². The molecule has 0 saturated heterocycles. The number of methoxy groups -OCH3 is 2. The Morgan fingerprint density at radius 2 is 1.83 bits per heavy atom. The molecule has 0 amide bonds. The fraction of sp³-hybridized carbons (Fsp3) is 0.188. The summed E-state index contributed by atoms with van der Waals surface area (Å²) in [5.41, 5.74) is 0.605. The van der Waals surface area contributed by atoms with Gasteiger partial charge in [-0.2, -0.15) is 0 Å². The second-order valence-corrected chi connectivity index (χ2v) is 5.54. The molecule has 24 heavy (non-hydrogen) atoms. The zero-order valence-corrected chi connectivity index (χ0v) is 14.5. The van der Waals surface area contributed by atoms with E-state index in [1.54, 1.807) is 18.2 Å². The van der Waals surface area contributed by atoms with Gasteiger partial charge in [-0.1, -0.05) is 6.07 Å². The van der Waals surface area contributed by atoms with E-state index < -0.39 is 10.9 Å². The number of esters is 1. The summed E-state index contributed by atoms with van der Waals surface area (Å²) in [5, 5.41) is 10.9. The van der Waals surface area contributed by atoms with Crippen LogP contribution in [0, 0.1) is 10.1 Å². The summed E-state index contributed by atoms with van der Waals surface area (Å²) in [7, 11) is 3.03. The number of hydrogen-bond donors (Lipinski definition) is 0. The third kappa shape index (κ3) is 4.02. The van der Waals surface area contributed by atoms with Crippen LogP contribution in [0.25, 0.3) is 0 Å². The number of hydrogen-bond acceptors (Lipinski definition) is 6. The maximum absolute atomic E-state index is 12.1. The maximum Gasteiger partial charge on any atom is 0.338 e. The summed E-state index contributed by atoms with van der Waals surface area (Å²) in [6.07, 6.45) is 0. The monoisotopic (exact) mass is 395 g/mol. The van der Waals surface area contributed by atoms with Crippen molar-refractivity contribution in [2.75, 3.05) is 14.2 Å². The number of nitrogens with zero attached hydrogens (tertiary/aromatic N) is 1. The standard InChI is InChI=1S/C16H14BrNO6/c1-22-14-6-3-10(7-15(14)23-2)9-24-16(19)11-4-5-12(17)13(8-11)18(20)21/h3-8H,9H2,1-2H3. The van der Waals surface area contributed by atoms with Crippen LogP contribution in [0.5, 0.6) is 11.5 Å². The fourth-order valence-electron chi connectivity index (χ4n) is 1.98. The molecule has 0 aliphatic carbocycles. The van der Waals surface area contributed by atoms with E-state index in [0.717, 1.165) is 0 Å². The highest BCUT2D eigenvalue weighted by Crippen LogP contribution is 2.28. The third-order valence-electron chi connectivity index (χ3n) is 3.20. The van der Waals surface area contributed by atoms with Crippen molar-refractivity contribution in [3.8, 4) is 11.5 Å². The van der Waals surface area contributed by atoms with Crippen molar-refractivity contribution in [3.63, 3.8) is 0 Å². The van der Waals surface area contributed by atoms with E-state index >= 15 is 0 Å². The number of nitro benzene ring substituents is 1. The van der Waals surface area contributed by atoms with Crippen LogP contribution in [-0.2, 0) is 11.3 Å². The number of halogens is 1. The molecule has 0 atom stereocenters. The molecule has 126 valence electrons. The van der Waals surface area contributed by atoms with Crippen LogP contribution in [0.1, 0.15) is 15.9 Å². The lowest BCUT2D eigenvalue weighted by Crippen LogP contribution is -2.06. The molecule has 7 nitrogen and oxygen atoms in total. The van der Waals surface area contributed by atoms with Crippen molar-refractivity contribution in [1.82, 2.24) is 0 Å². The first-order chi connectivity index (χ1) is 11.5. The molecule has 0 saturated carbocycles. The Kier molecular flexibility index (Phi) is 5.75. The zero-order chi connectivity index (χ0) is 17.7. The second kappa shape index (κ2) is 7.78. The van der Waals surface area contributed by atoms with Gasteiger partial charge in [-0.3, -0.25) is 10.1 Å². The van der Waals surface area contributed by atoms with Gasteiger partial charge in [0.1, 0.15) is 6.61 Å². The van der Waals surface area contributed by atoms with Crippen molar-refractivity contribution in [2.24, 2.45) is 0 Å². The van der Waals surface area contributed by atoms with Crippen LogP contribution >= 0.6 is 15.9 Å². The SMILES string of the molecule is COc1ccc(COC(=O)c2ccc(Br)c([N+](=O)[O-])c2)cc1OC. The van der Waals surface area contributed by atoms with Crippen molar-refractivity contribution in [3.05, 3.63) is 62.1 Å². The van der Waals surface area contributed by atoms with E-state index in [4.69, 9.17) is 14.2 Å². The normalized spacial score (nSPS) is 10.1. The van der Waals surface area contributed by atoms with Gasteiger partial charge in [0.05, 0.1) is 29.2 Å². The van der Waals surface area contributed by atoms with Gasteiger partial charge in [0.25, 0.3) is 5.69 Å². The minimum absolute atomic E-state index is 0.00302. The first kappa shape index (κ1) is 17.7. The Labute approximate surface area is 146 Å². The highest BCUT2D eigenvalue weighted by molar-refractivity contribution is 9.10. The molecule has 0 aliphatic rings. The first-order valence-electron chi connectivity index (χ1n) is 6.78. The van der Waals surface area contributed by atoms with E-state index in [0.29, 0.717) is 21.5 Å². The molecule has 0 bridgehead atoms. The summed E-state index contributed by atoms with van der Waals surface area (Å²) >= 11 is 3.07. The fourth-order valence-corrected chi connectivity index (χ4v) is 2.37. The molecular formula is C16H14BrNO6. The van der Waals surface area contributed by atoms with E-state index in [9.17, 15) is 14.9 Å². The number of rotatable bonds is 6. The largest absolute Gasteiger partial charge is 0.493 e. The molecule has 0 aliphatic heterocycles. The Balaban J connectivity index is 2.11. The van der Waals surface area contributed by atoms with E-state index in [2.05, 4.69) is 15.9 Å². The number of carbonyl (C=O) groups excluding carboxylic acids is 1. The molecule has 0 spiro atoms. The summed E-state index contributed by atoms with van der Waals surface area (Å²) in [5.74, 6) is 0.432. The minimum Gasteiger partial charge on any atom is -0.493 e. The summed E-state index contributed by atoms with van der Waals surface area (Å²) in [4.78, 5) is 22.4. The minimum atomic E-state index is -0.652. The summed E-state index contributed by atoms with van der Waals surface area (Å²) in [6, 6.07) is 9.18. The number of nitro groups is 1. The predicted octanol–water partition coefficient (Wildman–Crippen LogP) is 3.73. The first-order valence-corrected chi connectivity index (χ1v) is 7.57. The number of ether oxygens (including phenoxy) is 3. The second-order valence-electron chi connectivity index (χ2n) is 4.69. The van der Waals surface area contributed by atoms with Crippen LogP contribution < -0.4 is 9.47 Å². The average molecular weight is 396 g/mol.